The van der Waals surface area contributed by atoms with Gasteiger partial charge in [-0.2, -0.15) is 0 Å². The van der Waals surface area contributed by atoms with Gasteiger partial charge in [0, 0.05) is 35.3 Å². The number of carbonyl (C=O) groups is 2. The maximum absolute atomic E-state index is 12.4. The van der Waals surface area contributed by atoms with E-state index < -0.39 is 29.1 Å². The fourth-order valence-corrected chi connectivity index (χ4v) is 4.35. The van der Waals surface area contributed by atoms with Gasteiger partial charge in [-0.1, -0.05) is 62.4 Å². The van der Waals surface area contributed by atoms with E-state index in [0.29, 0.717) is 5.56 Å². The van der Waals surface area contributed by atoms with Crippen molar-refractivity contribution in [1.29, 1.82) is 0 Å². The molecule has 0 bridgehead atoms. The number of allylic oxidation sites excluding steroid dienone is 1. The lowest BCUT2D eigenvalue weighted by Crippen LogP contribution is -2.30. The normalized spacial score (nSPS) is 16.3. The highest BCUT2D eigenvalue weighted by Gasteiger charge is 2.38. The average Bonchev–Trinajstić information content (AvgIpc) is 2.97. The molecule has 0 amide bonds. The Bertz CT molecular complexity index is 1170. The quantitative estimate of drug-likeness (QED) is 0.487. The molecule has 8 heteroatoms. The van der Waals surface area contributed by atoms with Gasteiger partial charge in [0.15, 0.2) is 12.4 Å². The van der Waals surface area contributed by atoms with Crippen LogP contribution in [0, 0.1) is 0 Å². The second-order valence-electron chi connectivity index (χ2n) is 7.94. The minimum atomic E-state index is -3.82. The molecule has 2 aromatic carbocycles. The lowest BCUT2D eigenvalue weighted by Gasteiger charge is -2.23. The summed E-state index contributed by atoms with van der Waals surface area (Å²) in [7, 11) is -1.93. The van der Waals surface area contributed by atoms with Gasteiger partial charge < -0.3 is 9.64 Å². The molecule has 1 aliphatic rings. The number of likely N-dealkylation sites (N-methyl/N-ethyl adjacent to an activating group) is 1. The van der Waals surface area contributed by atoms with Crippen LogP contribution in [0.15, 0.2) is 71.8 Å². The van der Waals surface area contributed by atoms with E-state index in [2.05, 4.69) is 4.72 Å². The fraction of sp³-hybridized carbons (Fsp3) is 0.250. The average molecular weight is 455 g/mol. The Hall–Kier alpha value is -3.23. The van der Waals surface area contributed by atoms with Gasteiger partial charge in [-0.05, 0) is 23.3 Å². The predicted octanol–water partition coefficient (Wildman–Crippen LogP) is 3.00. The van der Waals surface area contributed by atoms with Crippen LogP contribution in [-0.4, -0.2) is 40.4 Å². The minimum Gasteiger partial charge on any atom is -0.456 e. The van der Waals surface area contributed by atoms with Crippen LogP contribution in [-0.2, 0) is 29.8 Å². The number of nitrogens with zero attached hydrogens (tertiary/aromatic N) is 1. The number of rotatable bonds is 8. The molecule has 1 heterocycles. The molecule has 0 atom stereocenters. The summed E-state index contributed by atoms with van der Waals surface area (Å²) in [4.78, 5) is 26.3. The zero-order chi connectivity index (χ0) is 23.4. The molecule has 0 unspecified atom stereocenters. The Morgan fingerprint density at radius 2 is 1.72 bits per heavy atom. The van der Waals surface area contributed by atoms with Gasteiger partial charge in [-0.25, -0.2) is 13.1 Å². The number of hydrogen-bond acceptors (Lipinski definition) is 6. The predicted molar refractivity (Wildman–Crippen MR) is 124 cm³/mol. The first-order valence-corrected chi connectivity index (χ1v) is 11.6. The number of esters is 1. The summed E-state index contributed by atoms with van der Waals surface area (Å²) in [5.74, 6) is -1.22. The molecule has 2 aromatic rings. The zero-order valence-corrected chi connectivity index (χ0v) is 19.1. The van der Waals surface area contributed by atoms with Crippen LogP contribution in [0.25, 0.3) is 6.08 Å². The Morgan fingerprint density at radius 3 is 2.41 bits per heavy atom. The molecule has 0 saturated heterocycles. The maximum atomic E-state index is 12.4. The summed E-state index contributed by atoms with van der Waals surface area (Å²) in [5, 5.41) is 0.973. The molecule has 1 N–H and O–H groups in total. The van der Waals surface area contributed by atoms with Crippen molar-refractivity contribution in [1.82, 2.24) is 4.72 Å². The first kappa shape index (κ1) is 23.4. The largest absolute Gasteiger partial charge is 0.456 e. The number of ketones is 1. The number of anilines is 1. The third-order valence-corrected chi connectivity index (χ3v) is 6.31. The van der Waals surface area contributed by atoms with Crippen molar-refractivity contribution in [2.24, 2.45) is 0 Å². The first-order valence-electron chi connectivity index (χ1n) is 10.1. The standard InChI is InChI=1S/C24H26N2O5S/c1-24(2)20-11-7-8-12-21(20)26(3)22(24)15-19(27)17-31-23(28)16-25-32(29,30)14-13-18-9-5-4-6-10-18/h4-15,25H,16-17H2,1-3H3/b14-13+,22-15-. The van der Waals surface area contributed by atoms with E-state index in [1.54, 1.807) is 24.3 Å². The number of para-hydroxylation sites is 1. The lowest BCUT2D eigenvalue weighted by atomic mass is 9.83. The van der Waals surface area contributed by atoms with Crippen LogP contribution in [0.1, 0.15) is 25.0 Å². The number of fused-ring (bicyclic) bond motifs is 1. The molecule has 32 heavy (non-hydrogen) atoms. The molecule has 0 aliphatic carbocycles. The summed E-state index contributed by atoms with van der Waals surface area (Å²) in [6.45, 7) is 3.02. The van der Waals surface area contributed by atoms with Crippen molar-refractivity contribution < 1.29 is 22.7 Å². The van der Waals surface area contributed by atoms with E-state index in [0.717, 1.165) is 22.4 Å². The second kappa shape index (κ2) is 9.50. The molecule has 0 saturated carbocycles. The van der Waals surface area contributed by atoms with E-state index in [-0.39, 0.29) is 11.2 Å². The van der Waals surface area contributed by atoms with Gasteiger partial charge in [0.2, 0.25) is 10.0 Å². The highest BCUT2D eigenvalue weighted by atomic mass is 32.2. The van der Waals surface area contributed by atoms with Gasteiger partial charge in [-0.15, -0.1) is 0 Å². The Labute approximate surface area is 188 Å². The van der Waals surface area contributed by atoms with E-state index in [1.165, 1.54) is 12.2 Å². The number of carbonyl (C=O) groups excluding carboxylic acids is 2. The summed E-state index contributed by atoms with van der Waals surface area (Å²) in [5.41, 5.74) is 3.27. The maximum Gasteiger partial charge on any atom is 0.321 e. The Balaban J connectivity index is 1.53. The third-order valence-electron chi connectivity index (χ3n) is 5.27. The summed E-state index contributed by atoms with van der Waals surface area (Å²) in [6.07, 6.45) is 2.89. The summed E-state index contributed by atoms with van der Waals surface area (Å²) >= 11 is 0. The highest BCUT2D eigenvalue weighted by Crippen LogP contribution is 2.46. The van der Waals surface area contributed by atoms with Crippen LogP contribution in [0.2, 0.25) is 0 Å². The van der Waals surface area contributed by atoms with Crippen molar-refractivity contribution >= 4 is 33.5 Å². The minimum absolute atomic E-state index is 0.369. The first-order chi connectivity index (χ1) is 15.1. The van der Waals surface area contributed by atoms with Crippen molar-refractivity contribution in [3.05, 3.63) is 82.9 Å². The molecule has 0 fully saturated rings. The molecule has 1 aliphatic heterocycles. The van der Waals surface area contributed by atoms with Crippen LogP contribution in [0.4, 0.5) is 5.69 Å². The van der Waals surface area contributed by atoms with Gasteiger partial charge in [-0.3, -0.25) is 9.59 Å². The number of ether oxygens (including phenoxy) is 1. The smallest absolute Gasteiger partial charge is 0.321 e. The Morgan fingerprint density at radius 1 is 1.06 bits per heavy atom. The SMILES string of the molecule is CN1/C(=C\C(=O)COC(=O)CNS(=O)(=O)/C=C/c2ccccc2)C(C)(C)c2ccccc21. The molecule has 0 spiro atoms. The van der Waals surface area contributed by atoms with Gasteiger partial charge in [0.1, 0.15) is 6.54 Å². The van der Waals surface area contributed by atoms with E-state index in [9.17, 15) is 18.0 Å². The highest BCUT2D eigenvalue weighted by molar-refractivity contribution is 7.92. The number of sulfonamides is 1. The number of benzene rings is 2. The molecule has 7 nitrogen and oxygen atoms in total. The monoisotopic (exact) mass is 454 g/mol. The third kappa shape index (κ3) is 5.52. The van der Waals surface area contributed by atoms with Crippen LogP contribution >= 0.6 is 0 Å². The molecule has 168 valence electrons. The van der Waals surface area contributed by atoms with E-state index in [1.807, 2.05) is 56.1 Å². The van der Waals surface area contributed by atoms with Crippen LogP contribution in [0.3, 0.4) is 0 Å². The van der Waals surface area contributed by atoms with Crippen molar-refractivity contribution in [3.8, 4) is 0 Å². The fourth-order valence-electron chi connectivity index (χ4n) is 3.60. The number of hydrogen-bond donors (Lipinski definition) is 1. The van der Waals surface area contributed by atoms with Crippen molar-refractivity contribution in [2.75, 3.05) is 25.1 Å². The van der Waals surface area contributed by atoms with Crippen molar-refractivity contribution in [2.45, 2.75) is 19.3 Å². The molecular weight excluding hydrogens is 428 g/mol. The zero-order valence-electron chi connectivity index (χ0n) is 18.2. The Kier molecular flexibility index (Phi) is 6.96. The molecular formula is C24H26N2O5S. The van der Waals surface area contributed by atoms with E-state index >= 15 is 0 Å². The number of nitrogens with one attached hydrogen (secondary N) is 1. The molecule has 0 radical (unpaired) electrons. The molecule has 0 aromatic heterocycles. The molecule has 3 rings (SSSR count). The van der Waals surface area contributed by atoms with Gasteiger partial charge in [0.05, 0.1) is 0 Å². The topological polar surface area (TPSA) is 92.8 Å². The second-order valence-corrected chi connectivity index (χ2v) is 9.59. The van der Waals surface area contributed by atoms with Crippen molar-refractivity contribution in [3.63, 3.8) is 0 Å². The van der Waals surface area contributed by atoms with Gasteiger partial charge >= 0.3 is 5.97 Å². The van der Waals surface area contributed by atoms with Crippen LogP contribution in [0.5, 0.6) is 0 Å². The van der Waals surface area contributed by atoms with E-state index in [4.69, 9.17) is 4.74 Å². The van der Waals surface area contributed by atoms with Crippen LogP contribution < -0.4 is 9.62 Å². The summed E-state index contributed by atoms with van der Waals surface area (Å²) < 4.78 is 31.1. The lowest BCUT2D eigenvalue weighted by molar-refractivity contribution is -0.145. The summed E-state index contributed by atoms with van der Waals surface area (Å²) in [6, 6.07) is 16.8. The van der Waals surface area contributed by atoms with Gasteiger partial charge in [0.25, 0.3) is 0 Å².